The van der Waals surface area contributed by atoms with Crippen LogP contribution in [0.25, 0.3) is 0 Å². The second kappa shape index (κ2) is 6.08. The summed E-state index contributed by atoms with van der Waals surface area (Å²) in [5, 5.41) is 0.425. The zero-order valence-electron chi connectivity index (χ0n) is 10.2. The van der Waals surface area contributed by atoms with Crippen molar-refractivity contribution in [1.82, 2.24) is 0 Å². The van der Waals surface area contributed by atoms with Crippen LogP contribution in [0.5, 0.6) is 0 Å². The van der Waals surface area contributed by atoms with Crippen LogP contribution < -0.4 is 5.73 Å². The molecule has 0 radical (unpaired) electrons. The first-order valence-corrected chi connectivity index (χ1v) is 6.94. The molecule has 2 rings (SSSR count). The van der Waals surface area contributed by atoms with Gasteiger partial charge in [0, 0.05) is 16.3 Å². The van der Waals surface area contributed by atoms with Gasteiger partial charge in [0.15, 0.2) is 0 Å². The Morgan fingerprint density at radius 1 is 1.05 bits per heavy atom. The van der Waals surface area contributed by atoms with Gasteiger partial charge in [-0.1, -0.05) is 41.6 Å². The highest BCUT2D eigenvalue weighted by Gasteiger charge is 2.34. The van der Waals surface area contributed by atoms with Crippen molar-refractivity contribution < 1.29 is 13.2 Å². The molecule has 0 unspecified atom stereocenters. The van der Waals surface area contributed by atoms with Crippen molar-refractivity contribution in [1.29, 1.82) is 0 Å². The standard InChI is InChI=1S/C14H11ClF3NS/c15-11-3-1-2-4-13(11)20-12-6-5-9(8-19)7-10(12)14(16,17)18/h1-7H,8,19H2. The molecule has 20 heavy (non-hydrogen) atoms. The highest BCUT2D eigenvalue weighted by molar-refractivity contribution is 7.99. The van der Waals surface area contributed by atoms with Crippen LogP contribution >= 0.6 is 23.4 Å². The van der Waals surface area contributed by atoms with Crippen LogP contribution in [-0.4, -0.2) is 0 Å². The van der Waals surface area contributed by atoms with E-state index in [1.54, 1.807) is 30.3 Å². The summed E-state index contributed by atoms with van der Waals surface area (Å²) in [5.41, 5.74) is 5.15. The molecule has 0 aliphatic carbocycles. The van der Waals surface area contributed by atoms with Crippen LogP contribution in [0, 0.1) is 0 Å². The van der Waals surface area contributed by atoms with E-state index >= 15 is 0 Å². The molecule has 0 saturated carbocycles. The molecule has 0 spiro atoms. The van der Waals surface area contributed by atoms with Crippen LogP contribution in [0.1, 0.15) is 11.1 Å². The minimum Gasteiger partial charge on any atom is -0.326 e. The third kappa shape index (κ3) is 3.48. The average Bonchev–Trinajstić information content (AvgIpc) is 2.40. The highest BCUT2D eigenvalue weighted by Crippen LogP contribution is 2.41. The molecule has 0 fully saturated rings. The normalized spacial score (nSPS) is 11.7. The molecule has 0 amide bonds. The molecule has 0 aromatic heterocycles. The molecule has 106 valence electrons. The van der Waals surface area contributed by atoms with Gasteiger partial charge in [-0.05, 0) is 29.8 Å². The van der Waals surface area contributed by atoms with Gasteiger partial charge >= 0.3 is 6.18 Å². The Hall–Kier alpha value is -1.17. The molecule has 0 aliphatic rings. The maximum Gasteiger partial charge on any atom is 0.417 e. The molecule has 0 aliphatic heterocycles. The smallest absolute Gasteiger partial charge is 0.326 e. The molecule has 0 bridgehead atoms. The summed E-state index contributed by atoms with van der Waals surface area (Å²) in [5.74, 6) is 0. The third-order valence-electron chi connectivity index (χ3n) is 2.64. The van der Waals surface area contributed by atoms with E-state index in [1.165, 1.54) is 6.07 Å². The lowest BCUT2D eigenvalue weighted by molar-refractivity contribution is -0.139. The quantitative estimate of drug-likeness (QED) is 0.865. The second-order valence-corrected chi connectivity index (χ2v) is 5.56. The molecule has 0 saturated heterocycles. The van der Waals surface area contributed by atoms with Gasteiger partial charge < -0.3 is 5.73 Å². The van der Waals surface area contributed by atoms with Crippen molar-refractivity contribution in [2.45, 2.75) is 22.5 Å². The lowest BCUT2D eigenvalue weighted by Gasteiger charge is -2.14. The number of benzene rings is 2. The summed E-state index contributed by atoms with van der Waals surface area (Å²) in [6, 6.07) is 10.9. The fraction of sp³-hybridized carbons (Fsp3) is 0.143. The van der Waals surface area contributed by atoms with Crippen molar-refractivity contribution in [2.24, 2.45) is 5.73 Å². The Bertz CT molecular complexity index is 614. The van der Waals surface area contributed by atoms with Crippen molar-refractivity contribution in [3.8, 4) is 0 Å². The summed E-state index contributed by atoms with van der Waals surface area (Å²) in [7, 11) is 0. The Morgan fingerprint density at radius 2 is 1.75 bits per heavy atom. The average molecular weight is 318 g/mol. The number of nitrogens with two attached hydrogens (primary N) is 1. The van der Waals surface area contributed by atoms with Crippen molar-refractivity contribution in [2.75, 3.05) is 0 Å². The Balaban J connectivity index is 2.44. The highest BCUT2D eigenvalue weighted by atomic mass is 35.5. The van der Waals surface area contributed by atoms with Gasteiger partial charge in [-0.25, -0.2) is 0 Å². The number of hydrogen-bond acceptors (Lipinski definition) is 2. The van der Waals surface area contributed by atoms with E-state index in [-0.39, 0.29) is 11.4 Å². The fourth-order valence-corrected chi connectivity index (χ4v) is 2.88. The van der Waals surface area contributed by atoms with Gasteiger partial charge in [0.25, 0.3) is 0 Å². The molecule has 0 atom stereocenters. The number of hydrogen-bond donors (Lipinski definition) is 1. The lowest BCUT2D eigenvalue weighted by atomic mass is 10.1. The zero-order valence-corrected chi connectivity index (χ0v) is 11.8. The predicted octanol–water partition coefficient (Wildman–Crippen LogP) is 4.97. The number of rotatable bonds is 3. The number of alkyl halides is 3. The molecule has 2 aromatic rings. The first kappa shape index (κ1) is 15.2. The first-order chi connectivity index (χ1) is 9.41. The van der Waals surface area contributed by atoms with Gasteiger partial charge in [0.2, 0.25) is 0 Å². The van der Waals surface area contributed by atoms with E-state index in [0.717, 1.165) is 17.8 Å². The van der Waals surface area contributed by atoms with Crippen molar-refractivity contribution in [3.05, 3.63) is 58.6 Å². The summed E-state index contributed by atoms with van der Waals surface area (Å²) in [6.07, 6.45) is -4.42. The second-order valence-electron chi connectivity index (χ2n) is 4.06. The largest absolute Gasteiger partial charge is 0.417 e. The maximum absolute atomic E-state index is 13.1. The van der Waals surface area contributed by atoms with Crippen LogP contribution in [0.15, 0.2) is 52.3 Å². The Kier molecular flexibility index (Phi) is 4.62. The van der Waals surface area contributed by atoms with Gasteiger partial charge in [-0.15, -0.1) is 0 Å². The summed E-state index contributed by atoms with van der Waals surface area (Å²) in [4.78, 5) is 0.697. The van der Waals surface area contributed by atoms with E-state index in [4.69, 9.17) is 17.3 Å². The molecule has 1 nitrogen and oxygen atoms in total. The topological polar surface area (TPSA) is 26.0 Å². The van der Waals surface area contributed by atoms with Gasteiger partial charge in [-0.2, -0.15) is 13.2 Å². The monoisotopic (exact) mass is 317 g/mol. The van der Waals surface area contributed by atoms with Crippen LogP contribution in [-0.2, 0) is 12.7 Å². The Morgan fingerprint density at radius 3 is 2.35 bits per heavy atom. The van der Waals surface area contributed by atoms with Crippen LogP contribution in [0.3, 0.4) is 0 Å². The Labute approximate surface area is 123 Å². The molecular weight excluding hydrogens is 307 g/mol. The fourth-order valence-electron chi connectivity index (χ4n) is 1.66. The lowest BCUT2D eigenvalue weighted by Crippen LogP contribution is -2.08. The molecule has 2 N–H and O–H groups in total. The van der Waals surface area contributed by atoms with Crippen LogP contribution in [0.4, 0.5) is 13.2 Å². The summed E-state index contributed by atoms with van der Waals surface area (Å²) >= 11 is 6.97. The van der Waals surface area contributed by atoms with E-state index in [2.05, 4.69) is 0 Å². The van der Waals surface area contributed by atoms with E-state index in [0.29, 0.717) is 15.5 Å². The zero-order chi connectivity index (χ0) is 14.8. The maximum atomic E-state index is 13.1. The van der Waals surface area contributed by atoms with E-state index in [9.17, 15) is 13.2 Å². The summed E-state index contributed by atoms with van der Waals surface area (Å²) < 4.78 is 39.2. The summed E-state index contributed by atoms with van der Waals surface area (Å²) in [6.45, 7) is 0.0696. The first-order valence-electron chi connectivity index (χ1n) is 5.74. The van der Waals surface area contributed by atoms with Gasteiger partial charge in [0.1, 0.15) is 0 Å². The van der Waals surface area contributed by atoms with Gasteiger partial charge in [-0.3, -0.25) is 0 Å². The van der Waals surface area contributed by atoms with Crippen LogP contribution in [0.2, 0.25) is 5.02 Å². The van der Waals surface area contributed by atoms with Gasteiger partial charge in [0.05, 0.1) is 10.6 Å². The minimum absolute atomic E-state index is 0.0696. The SMILES string of the molecule is NCc1ccc(Sc2ccccc2Cl)c(C(F)(F)F)c1. The molecule has 2 aromatic carbocycles. The van der Waals surface area contributed by atoms with Crippen molar-refractivity contribution >= 4 is 23.4 Å². The number of halogens is 4. The van der Waals surface area contributed by atoms with E-state index in [1.807, 2.05) is 0 Å². The molecule has 0 heterocycles. The minimum atomic E-state index is -4.42. The molecular formula is C14H11ClF3NS. The van der Waals surface area contributed by atoms with Crippen molar-refractivity contribution in [3.63, 3.8) is 0 Å². The molecule has 6 heteroatoms. The predicted molar refractivity (Wildman–Crippen MR) is 74.9 cm³/mol. The third-order valence-corrected chi connectivity index (χ3v) is 4.24. The van der Waals surface area contributed by atoms with E-state index < -0.39 is 11.7 Å².